The number of fused-ring (bicyclic) bond motifs is 1. The average Bonchev–Trinajstić information content (AvgIpc) is 2.61. The first-order chi connectivity index (χ1) is 7.58. The van der Waals surface area contributed by atoms with Crippen LogP contribution in [0, 0.1) is 0 Å². The van der Waals surface area contributed by atoms with Gasteiger partial charge in [-0.05, 0) is 30.9 Å². The van der Waals surface area contributed by atoms with E-state index < -0.39 is 12.0 Å². The van der Waals surface area contributed by atoms with Gasteiger partial charge in [0.05, 0.1) is 6.10 Å². The Morgan fingerprint density at radius 3 is 3.06 bits per heavy atom. The zero-order valence-electron chi connectivity index (χ0n) is 8.85. The Morgan fingerprint density at radius 2 is 2.44 bits per heavy atom. The highest BCUT2D eigenvalue weighted by molar-refractivity contribution is 7.12. The molecular formula is C11H15NO3S. The number of carbonyl (C=O) groups is 1. The van der Waals surface area contributed by atoms with E-state index in [1.165, 1.54) is 4.88 Å². The van der Waals surface area contributed by atoms with Crippen LogP contribution < -0.4 is 5.73 Å². The average molecular weight is 241 g/mol. The normalized spacial score (nSPS) is 21.5. The van der Waals surface area contributed by atoms with Crippen molar-refractivity contribution >= 4 is 17.3 Å². The van der Waals surface area contributed by atoms with E-state index in [2.05, 4.69) is 0 Å². The van der Waals surface area contributed by atoms with Crippen LogP contribution in [0.2, 0.25) is 0 Å². The Hall–Kier alpha value is -0.910. The second kappa shape index (κ2) is 4.53. The van der Waals surface area contributed by atoms with Gasteiger partial charge in [0, 0.05) is 16.2 Å². The van der Waals surface area contributed by atoms with Crippen molar-refractivity contribution in [3.63, 3.8) is 0 Å². The first-order valence-electron chi connectivity index (χ1n) is 5.36. The van der Waals surface area contributed by atoms with E-state index in [0.29, 0.717) is 6.42 Å². The van der Waals surface area contributed by atoms with Crippen LogP contribution in [0.15, 0.2) is 6.07 Å². The lowest BCUT2D eigenvalue weighted by Crippen LogP contribution is -2.31. The van der Waals surface area contributed by atoms with Gasteiger partial charge in [-0.25, -0.2) is 0 Å². The van der Waals surface area contributed by atoms with Crippen LogP contribution in [0.4, 0.5) is 0 Å². The van der Waals surface area contributed by atoms with Crippen molar-refractivity contribution in [2.45, 2.75) is 37.8 Å². The molecule has 0 aliphatic heterocycles. The van der Waals surface area contributed by atoms with Crippen LogP contribution in [0.25, 0.3) is 0 Å². The van der Waals surface area contributed by atoms with Crippen molar-refractivity contribution in [2.75, 3.05) is 0 Å². The summed E-state index contributed by atoms with van der Waals surface area (Å²) >= 11 is 1.58. The number of aliphatic hydroxyl groups excluding tert-OH is 1. The molecule has 4 nitrogen and oxygen atoms in total. The maximum atomic E-state index is 10.6. The number of nitrogens with two attached hydrogens (primary N) is 1. The summed E-state index contributed by atoms with van der Waals surface area (Å²) in [6.07, 6.45) is 2.75. The molecule has 0 saturated carbocycles. The molecule has 0 aromatic carbocycles. The second-order valence-electron chi connectivity index (χ2n) is 4.15. The molecule has 0 radical (unpaired) electrons. The number of carboxylic acid groups (broad SMARTS) is 1. The highest BCUT2D eigenvalue weighted by Crippen LogP contribution is 2.35. The van der Waals surface area contributed by atoms with E-state index in [-0.39, 0.29) is 6.10 Å². The summed E-state index contributed by atoms with van der Waals surface area (Å²) in [6, 6.07) is 1.06. The minimum atomic E-state index is -0.980. The van der Waals surface area contributed by atoms with Gasteiger partial charge in [-0.2, -0.15) is 0 Å². The number of hydrogen-bond acceptors (Lipinski definition) is 4. The molecule has 1 aliphatic carbocycles. The Balaban J connectivity index is 2.15. The van der Waals surface area contributed by atoms with Gasteiger partial charge in [0.2, 0.25) is 0 Å². The van der Waals surface area contributed by atoms with Crippen molar-refractivity contribution in [1.82, 2.24) is 0 Å². The maximum Gasteiger partial charge on any atom is 0.320 e. The summed E-state index contributed by atoms with van der Waals surface area (Å²) in [6.45, 7) is 0. The zero-order chi connectivity index (χ0) is 11.7. The van der Waals surface area contributed by atoms with E-state index in [4.69, 9.17) is 10.8 Å². The summed E-state index contributed by atoms with van der Waals surface area (Å²) in [7, 11) is 0. The van der Waals surface area contributed by atoms with Crippen LogP contribution in [-0.2, 0) is 17.6 Å². The van der Waals surface area contributed by atoms with Crippen LogP contribution in [0.3, 0.4) is 0 Å². The van der Waals surface area contributed by atoms with Gasteiger partial charge in [0.1, 0.15) is 6.04 Å². The van der Waals surface area contributed by atoms with Crippen molar-refractivity contribution < 1.29 is 15.0 Å². The van der Waals surface area contributed by atoms with Gasteiger partial charge in [-0.15, -0.1) is 11.3 Å². The zero-order valence-corrected chi connectivity index (χ0v) is 9.67. The predicted molar refractivity (Wildman–Crippen MR) is 61.5 cm³/mol. The first-order valence-corrected chi connectivity index (χ1v) is 6.17. The SMILES string of the molecule is NC(Cc1cc2c(s1)CCCC2O)C(=O)O. The molecule has 1 aromatic heterocycles. The lowest BCUT2D eigenvalue weighted by Gasteiger charge is -2.16. The molecule has 5 heteroatoms. The number of rotatable bonds is 3. The van der Waals surface area contributed by atoms with Gasteiger partial charge in [-0.1, -0.05) is 0 Å². The number of thiophene rings is 1. The number of aliphatic hydroxyl groups is 1. The van der Waals surface area contributed by atoms with E-state index >= 15 is 0 Å². The molecule has 2 atom stereocenters. The molecule has 2 rings (SSSR count). The minimum absolute atomic E-state index is 0.347. The van der Waals surface area contributed by atoms with Gasteiger partial charge < -0.3 is 15.9 Å². The first kappa shape index (κ1) is 11.6. The molecule has 0 amide bonds. The number of aryl methyl sites for hydroxylation is 1. The fourth-order valence-electron chi connectivity index (χ4n) is 1.99. The van der Waals surface area contributed by atoms with Crippen LogP contribution >= 0.6 is 11.3 Å². The number of hydrogen-bond donors (Lipinski definition) is 3. The van der Waals surface area contributed by atoms with Gasteiger partial charge in [0.25, 0.3) is 0 Å². The molecule has 4 N–H and O–H groups in total. The summed E-state index contributed by atoms with van der Waals surface area (Å²) in [5, 5.41) is 18.5. The van der Waals surface area contributed by atoms with Gasteiger partial charge >= 0.3 is 5.97 Å². The molecule has 16 heavy (non-hydrogen) atoms. The third kappa shape index (κ3) is 2.26. The molecule has 88 valence electrons. The Bertz CT molecular complexity index is 402. The maximum absolute atomic E-state index is 10.6. The largest absolute Gasteiger partial charge is 0.480 e. The van der Waals surface area contributed by atoms with Crippen molar-refractivity contribution in [3.8, 4) is 0 Å². The van der Waals surface area contributed by atoms with Gasteiger partial charge in [-0.3, -0.25) is 4.79 Å². The second-order valence-corrected chi connectivity index (χ2v) is 5.37. The number of carboxylic acids is 1. The van der Waals surface area contributed by atoms with Gasteiger partial charge in [0.15, 0.2) is 0 Å². The Kier molecular flexibility index (Phi) is 3.28. The predicted octanol–water partition coefficient (Wildman–Crippen LogP) is 1.07. The smallest absolute Gasteiger partial charge is 0.320 e. The minimum Gasteiger partial charge on any atom is -0.480 e. The summed E-state index contributed by atoms with van der Waals surface area (Å²) < 4.78 is 0. The van der Waals surface area contributed by atoms with E-state index in [0.717, 1.165) is 29.7 Å². The van der Waals surface area contributed by atoms with Crippen molar-refractivity contribution in [3.05, 3.63) is 21.4 Å². The highest BCUT2D eigenvalue weighted by Gasteiger charge is 2.22. The standard InChI is InChI=1S/C11H15NO3S/c12-8(11(14)15)5-6-4-7-9(13)2-1-3-10(7)16-6/h4,8-9,13H,1-3,5,12H2,(H,14,15). The monoisotopic (exact) mass is 241 g/mol. The lowest BCUT2D eigenvalue weighted by molar-refractivity contribution is -0.138. The van der Waals surface area contributed by atoms with E-state index in [1.54, 1.807) is 11.3 Å². The van der Waals surface area contributed by atoms with Crippen molar-refractivity contribution in [2.24, 2.45) is 5.73 Å². The summed E-state index contributed by atoms with van der Waals surface area (Å²) in [4.78, 5) is 12.8. The molecule has 2 unspecified atom stereocenters. The third-order valence-corrected chi connectivity index (χ3v) is 4.10. The highest BCUT2D eigenvalue weighted by atomic mass is 32.1. The van der Waals surface area contributed by atoms with Crippen LogP contribution in [-0.4, -0.2) is 22.2 Å². The number of aliphatic carboxylic acids is 1. The van der Waals surface area contributed by atoms with Crippen LogP contribution in [0.1, 0.15) is 34.3 Å². The molecule has 1 aliphatic rings. The fraction of sp³-hybridized carbons (Fsp3) is 0.545. The fourth-order valence-corrected chi connectivity index (χ4v) is 3.32. The quantitative estimate of drug-likeness (QED) is 0.739. The summed E-state index contributed by atoms with van der Waals surface area (Å²) in [5.41, 5.74) is 6.46. The molecular weight excluding hydrogens is 226 g/mol. The molecule has 1 heterocycles. The topological polar surface area (TPSA) is 83.5 Å². The van der Waals surface area contributed by atoms with Crippen molar-refractivity contribution in [1.29, 1.82) is 0 Å². The third-order valence-electron chi connectivity index (χ3n) is 2.87. The lowest BCUT2D eigenvalue weighted by atomic mass is 9.96. The Labute approximate surface area is 97.7 Å². The van der Waals surface area contributed by atoms with E-state index in [1.807, 2.05) is 6.07 Å². The molecule has 0 spiro atoms. The Morgan fingerprint density at radius 1 is 1.69 bits per heavy atom. The molecule has 0 saturated heterocycles. The summed E-state index contributed by atoms with van der Waals surface area (Å²) in [5.74, 6) is -0.980. The molecule has 0 bridgehead atoms. The van der Waals surface area contributed by atoms with Crippen LogP contribution in [0.5, 0.6) is 0 Å². The molecule has 0 fully saturated rings. The van der Waals surface area contributed by atoms with E-state index in [9.17, 15) is 9.90 Å². The molecule has 1 aromatic rings.